The number of aryl methyl sites for hydroxylation is 2. The van der Waals surface area contributed by atoms with Crippen molar-refractivity contribution in [1.82, 2.24) is 15.5 Å². The lowest BCUT2D eigenvalue weighted by Gasteiger charge is -2.34. The van der Waals surface area contributed by atoms with Crippen molar-refractivity contribution in [3.8, 4) is 0 Å². The van der Waals surface area contributed by atoms with Crippen molar-refractivity contribution in [2.45, 2.75) is 84.2 Å². The molecule has 1 fully saturated rings. The van der Waals surface area contributed by atoms with E-state index in [1.165, 1.54) is 4.90 Å². The van der Waals surface area contributed by atoms with Crippen LogP contribution in [0.2, 0.25) is 0 Å². The molecule has 204 valence electrons. The summed E-state index contributed by atoms with van der Waals surface area (Å²) in [6, 6.07) is 12.8. The number of amides is 4. The van der Waals surface area contributed by atoms with Gasteiger partial charge in [-0.15, -0.1) is 0 Å². The molecule has 2 aromatic rings. The van der Waals surface area contributed by atoms with Crippen molar-refractivity contribution in [1.29, 1.82) is 0 Å². The smallest absolute Gasteiger partial charge is 0.408 e. The third-order valence-electron chi connectivity index (χ3n) is 5.98. The van der Waals surface area contributed by atoms with Gasteiger partial charge >= 0.3 is 6.09 Å². The van der Waals surface area contributed by atoms with Gasteiger partial charge in [-0.25, -0.2) is 4.79 Å². The number of hydrogen-bond donors (Lipinski definition) is 3. The molecular formula is C29H38N4O5. The first-order chi connectivity index (χ1) is 17.8. The molecule has 9 heteroatoms. The summed E-state index contributed by atoms with van der Waals surface area (Å²) in [7, 11) is 0. The van der Waals surface area contributed by atoms with Crippen LogP contribution in [0.3, 0.4) is 0 Å². The Hall–Kier alpha value is -3.88. The predicted octanol–water partition coefficient (Wildman–Crippen LogP) is 3.42. The summed E-state index contributed by atoms with van der Waals surface area (Å²) >= 11 is 0. The number of ether oxygens (including phenoxy) is 1. The Morgan fingerprint density at radius 1 is 1.03 bits per heavy atom. The number of nitrogens with zero attached hydrogens (tertiary/aromatic N) is 1. The SMILES string of the molecule is Cc1cc(C)cc(C(C(=O)NCc2ccccc2)N(C(=O)C(CC(N)=O)NC(=O)OC(C)(C)C)C2CC2)c1. The molecule has 0 aromatic heterocycles. The highest BCUT2D eigenvalue weighted by Crippen LogP contribution is 2.36. The first-order valence-corrected chi connectivity index (χ1v) is 12.8. The first-order valence-electron chi connectivity index (χ1n) is 12.8. The molecule has 2 aromatic carbocycles. The molecule has 38 heavy (non-hydrogen) atoms. The number of alkyl carbamates (subject to hydrolysis) is 1. The van der Waals surface area contributed by atoms with E-state index in [4.69, 9.17) is 10.5 Å². The van der Waals surface area contributed by atoms with E-state index in [1.807, 2.05) is 62.4 Å². The third kappa shape index (κ3) is 8.33. The van der Waals surface area contributed by atoms with Gasteiger partial charge in [-0.2, -0.15) is 0 Å². The van der Waals surface area contributed by atoms with Crippen LogP contribution >= 0.6 is 0 Å². The van der Waals surface area contributed by atoms with Gasteiger partial charge in [0.2, 0.25) is 17.7 Å². The fourth-order valence-electron chi connectivity index (χ4n) is 4.39. The monoisotopic (exact) mass is 522 g/mol. The van der Waals surface area contributed by atoms with E-state index in [0.717, 1.165) is 16.7 Å². The van der Waals surface area contributed by atoms with E-state index < -0.39 is 42.0 Å². The quantitative estimate of drug-likeness (QED) is 0.440. The largest absolute Gasteiger partial charge is 0.444 e. The molecule has 2 unspecified atom stereocenters. The number of carbonyl (C=O) groups is 4. The molecule has 4 N–H and O–H groups in total. The Morgan fingerprint density at radius 3 is 2.16 bits per heavy atom. The van der Waals surface area contributed by atoms with Crippen LogP contribution in [0.4, 0.5) is 4.79 Å². The van der Waals surface area contributed by atoms with Crippen LogP contribution in [0, 0.1) is 13.8 Å². The highest BCUT2D eigenvalue weighted by Gasteiger charge is 2.44. The van der Waals surface area contributed by atoms with E-state index in [2.05, 4.69) is 10.6 Å². The summed E-state index contributed by atoms with van der Waals surface area (Å²) in [5, 5.41) is 5.48. The van der Waals surface area contributed by atoms with Gasteiger partial charge in [0, 0.05) is 12.6 Å². The normalized spacial score (nSPS) is 14.7. The third-order valence-corrected chi connectivity index (χ3v) is 5.98. The maximum Gasteiger partial charge on any atom is 0.408 e. The van der Waals surface area contributed by atoms with Gasteiger partial charge in [0.25, 0.3) is 0 Å². The molecule has 0 spiro atoms. The second-order valence-corrected chi connectivity index (χ2v) is 10.9. The van der Waals surface area contributed by atoms with Gasteiger partial charge in [0.1, 0.15) is 17.7 Å². The fourth-order valence-corrected chi connectivity index (χ4v) is 4.39. The van der Waals surface area contributed by atoms with Crippen molar-refractivity contribution in [2.24, 2.45) is 5.73 Å². The summed E-state index contributed by atoms with van der Waals surface area (Å²) in [6.45, 7) is 9.23. The van der Waals surface area contributed by atoms with Crippen molar-refractivity contribution < 1.29 is 23.9 Å². The van der Waals surface area contributed by atoms with Crippen molar-refractivity contribution >= 4 is 23.8 Å². The van der Waals surface area contributed by atoms with Gasteiger partial charge in [-0.05, 0) is 58.6 Å². The molecule has 1 aliphatic carbocycles. The minimum absolute atomic E-state index is 0.216. The van der Waals surface area contributed by atoms with Gasteiger partial charge < -0.3 is 26.0 Å². The lowest BCUT2D eigenvalue weighted by Crippen LogP contribution is -2.54. The van der Waals surface area contributed by atoms with Crippen molar-refractivity contribution in [3.05, 3.63) is 70.8 Å². The van der Waals surface area contributed by atoms with E-state index >= 15 is 0 Å². The average Bonchev–Trinajstić information content (AvgIpc) is 3.63. The van der Waals surface area contributed by atoms with Crippen LogP contribution in [0.25, 0.3) is 0 Å². The summed E-state index contributed by atoms with van der Waals surface area (Å²) in [4.78, 5) is 53.7. The number of benzene rings is 2. The molecule has 1 aliphatic rings. The minimum atomic E-state index is -1.28. The molecule has 0 heterocycles. The molecule has 1 saturated carbocycles. The molecule has 0 saturated heterocycles. The number of hydrogen-bond acceptors (Lipinski definition) is 5. The molecule has 2 atom stereocenters. The number of carbonyl (C=O) groups excluding carboxylic acids is 4. The summed E-state index contributed by atoms with van der Waals surface area (Å²) in [5.41, 5.74) is 8.11. The van der Waals surface area contributed by atoms with Crippen LogP contribution < -0.4 is 16.4 Å². The van der Waals surface area contributed by atoms with Gasteiger partial charge in [0.05, 0.1) is 6.42 Å². The van der Waals surface area contributed by atoms with E-state index in [1.54, 1.807) is 20.8 Å². The summed E-state index contributed by atoms with van der Waals surface area (Å²) in [6.07, 6.45) is 0.139. The zero-order valence-electron chi connectivity index (χ0n) is 22.7. The highest BCUT2D eigenvalue weighted by atomic mass is 16.6. The molecule has 0 bridgehead atoms. The summed E-state index contributed by atoms with van der Waals surface area (Å²) in [5.74, 6) is -1.67. The van der Waals surface area contributed by atoms with E-state index in [0.29, 0.717) is 18.4 Å². The topological polar surface area (TPSA) is 131 Å². The Bertz CT molecular complexity index is 1150. The van der Waals surface area contributed by atoms with Crippen LogP contribution in [0.15, 0.2) is 48.5 Å². The predicted molar refractivity (Wildman–Crippen MR) is 144 cm³/mol. The Balaban J connectivity index is 1.97. The number of primary amides is 1. The number of nitrogens with two attached hydrogens (primary N) is 1. The lowest BCUT2D eigenvalue weighted by atomic mass is 9.98. The van der Waals surface area contributed by atoms with Gasteiger partial charge in [-0.1, -0.05) is 59.7 Å². The summed E-state index contributed by atoms with van der Waals surface area (Å²) < 4.78 is 5.32. The van der Waals surface area contributed by atoms with Crippen LogP contribution in [-0.2, 0) is 25.7 Å². The second-order valence-electron chi connectivity index (χ2n) is 10.9. The lowest BCUT2D eigenvalue weighted by molar-refractivity contribution is -0.144. The Labute approximate surface area is 224 Å². The van der Waals surface area contributed by atoms with Crippen molar-refractivity contribution in [3.63, 3.8) is 0 Å². The highest BCUT2D eigenvalue weighted by molar-refractivity contribution is 5.95. The molecule has 9 nitrogen and oxygen atoms in total. The first kappa shape index (κ1) is 28.7. The minimum Gasteiger partial charge on any atom is -0.444 e. The van der Waals surface area contributed by atoms with Crippen LogP contribution in [0.1, 0.15) is 68.3 Å². The van der Waals surface area contributed by atoms with E-state index in [9.17, 15) is 19.2 Å². The van der Waals surface area contributed by atoms with Crippen LogP contribution in [-0.4, -0.2) is 46.4 Å². The zero-order valence-corrected chi connectivity index (χ0v) is 22.7. The standard InChI is InChI=1S/C29H38N4O5/c1-18-13-19(2)15-21(14-18)25(26(35)31-17-20-9-7-6-8-10-20)33(22-11-12-22)27(36)23(16-24(30)34)32-28(37)38-29(3,4)5/h6-10,13-15,22-23,25H,11-12,16-17H2,1-5H3,(H2,30,34)(H,31,35)(H,32,37). The molecule has 0 radical (unpaired) electrons. The molecule has 3 rings (SSSR count). The molecule has 0 aliphatic heterocycles. The van der Waals surface area contributed by atoms with Gasteiger partial charge in [0.15, 0.2) is 0 Å². The maximum atomic E-state index is 14.0. The molecule has 4 amide bonds. The second kappa shape index (κ2) is 12.1. The zero-order chi connectivity index (χ0) is 28.0. The number of nitrogens with one attached hydrogen (secondary N) is 2. The Morgan fingerprint density at radius 2 is 1.63 bits per heavy atom. The van der Waals surface area contributed by atoms with Crippen LogP contribution in [0.5, 0.6) is 0 Å². The average molecular weight is 523 g/mol. The number of rotatable bonds is 10. The fraction of sp³-hybridized carbons (Fsp3) is 0.448. The van der Waals surface area contributed by atoms with Gasteiger partial charge in [-0.3, -0.25) is 14.4 Å². The van der Waals surface area contributed by atoms with E-state index in [-0.39, 0.29) is 18.5 Å². The Kier molecular flexibility index (Phi) is 9.14. The molecular weight excluding hydrogens is 484 g/mol. The van der Waals surface area contributed by atoms with Crippen molar-refractivity contribution in [2.75, 3.05) is 0 Å². The maximum absolute atomic E-state index is 14.0.